The Balaban J connectivity index is 1.33. The van der Waals surface area contributed by atoms with Crippen molar-refractivity contribution in [1.29, 1.82) is 0 Å². The zero-order valence-corrected chi connectivity index (χ0v) is 17.6. The minimum atomic E-state index is -0.195. The number of aromatic nitrogens is 1. The maximum Gasteiger partial charge on any atom is 0.272 e. The second-order valence-electron chi connectivity index (χ2n) is 8.41. The first-order valence-electron chi connectivity index (χ1n) is 11.0. The summed E-state index contributed by atoms with van der Waals surface area (Å²) in [7, 11) is 0. The topological polar surface area (TPSA) is 65.5 Å². The number of carbonyl (C=O) groups excluding carboxylic acids is 2. The summed E-state index contributed by atoms with van der Waals surface area (Å²) in [6.45, 7) is 5.65. The van der Waals surface area contributed by atoms with E-state index < -0.39 is 0 Å². The summed E-state index contributed by atoms with van der Waals surface area (Å²) in [5, 5.41) is 3.13. The molecule has 30 heavy (non-hydrogen) atoms. The average Bonchev–Trinajstić information content (AvgIpc) is 3.31. The molecule has 6 nitrogen and oxygen atoms in total. The lowest BCUT2D eigenvalue weighted by atomic mass is 9.97. The van der Waals surface area contributed by atoms with Gasteiger partial charge in [-0.05, 0) is 50.3 Å². The van der Waals surface area contributed by atoms with Gasteiger partial charge in [-0.15, -0.1) is 0 Å². The highest BCUT2D eigenvalue weighted by atomic mass is 16.2. The highest BCUT2D eigenvalue weighted by Gasteiger charge is 2.27. The Kier molecular flexibility index (Phi) is 6.43. The smallest absolute Gasteiger partial charge is 0.272 e. The molecule has 0 unspecified atom stereocenters. The van der Waals surface area contributed by atoms with Gasteiger partial charge in [-0.2, -0.15) is 0 Å². The van der Waals surface area contributed by atoms with Crippen LogP contribution in [0.3, 0.4) is 0 Å². The van der Waals surface area contributed by atoms with Gasteiger partial charge in [-0.3, -0.25) is 14.5 Å². The van der Waals surface area contributed by atoms with E-state index in [9.17, 15) is 9.59 Å². The highest BCUT2D eigenvalue weighted by molar-refractivity contribution is 5.96. The van der Waals surface area contributed by atoms with Gasteiger partial charge in [-0.1, -0.05) is 36.4 Å². The molecule has 1 aromatic heterocycles. The number of benzene rings is 1. The monoisotopic (exact) mass is 406 g/mol. The lowest BCUT2D eigenvalue weighted by Gasteiger charge is -2.38. The summed E-state index contributed by atoms with van der Waals surface area (Å²) in [5.74, 6) is -0.273. The molecule has 0 radical (unpaired) electrons. The molecule has 2 amide bonds. The number of amides is 2. The van der Waals surface area contributed by atoms with E-state index >= 15 is 0 Å². The lowest BCUT2D eigenvalue weighted by molar-refractivity contribution is 0.0786. The van der Waals surface area contributed by atoms with Crippen molar-refractivity contribution in [3.8, 4) is 0 Å². The van der Waals surface area contributed by atoms with Crippen molar-refractivity contribution in [3.05, 3.63) is 65.5 Å². The van der Waals surface area contributed by atoms with Gasteiger partial charge in [-0.25, -0.2) is 4.98 Å². The molecule has 2 atom stereocenters. The standard InChI is InChI=1S/C24H30N4O2/c1-18-16-20(12-15-28(18)17-19-8-3-2-4-9-19)25-23(29)21-10-7-11-22(26-21)24(30)27-13-5-6-14-27/h2-4,7-11,18,20H,5-6,12-17H2,1H3,(H,25,29)/t18-,20-/m0/s1. The van der Waals surface area contributed by atoms with Crippen molar-refractivity contribution in [2.45, 2.75) is 51.2 Å². The van der Waals surface area contributed by atoms with Crippen molar-refractivity contribution in [3.63, 3.8) is 0 Å². The first-order chi connectivity index (χ1) is 14.6. The molecule has 2 aliphatic heterocycles. The molecule has 6 heteroatoms. The van der Waals surface area contributed by atoms with E-state index in [1.165, 1.54) is 5.56 Å². The summed E-state index contributed by atoms with van der Waals surface area (Å²) >= 11 is 0. The number of hydrogen-bond acceptors (Lipinski definition) is 4. The van der Waals surface area contributed by atoms with Gasteiger partial charge in [0, 0.05) is 38.3 Å². The van der Waals surface area contributed by atoms with Crippen molar-refractivity contribution >= 4 is 11.8 Å². The fourth-order valence-electron chi connectivity index (χ4n) is 4.43. The molecule has 2 fully saturated rings. The zero-order chi connectivity index (χ0) is 20.9. The van der Waals surface area contributed by atoms with E-state index in [1.54, 1.807) is 18.2 Å². The summed E-state index contributed by atoms with van der Waals surface area (Å²) in [5.41, 5.74) is 1.99. The molecule has 158 valence electrons. The predicted molar refractivity (Wildman–Crippen MR) is 116 cm³/mol. The largest absolute Gasteiger partial charge is 0.348 e. The van der Waals surface area contributed by atoms with Crippen LogP contribution in [0, 0.1) is 0 Å². The zero-order valence-electron chi connectivity index (χ0n) is 17.6. The van der Waals surface area contributed by atoms with Crippen molar-refractivity contribution in [1.82, 2.24) is 20.1 Å². The molecule has 1 aromatic carbocycles. The van der Waals surface area contributed by atoms with Crippen molar-refractivity contribution < 1.29 is 9.59 Å². The number of hydrogen-bond donors (Lipinski definition) is 1. The highest BCUT2D eigenvalue weighted by Crippen LogP contribution is 2.20. The van der Waals surface area contributed by atoms with Crippen LogP contribution < -0.4 is 5.32 Å². The first-order valence-corrected chi connectivity index (χ1v) is 11.0. The van der Waals surface area contributed by atoms with Crippen LogP contribution in [0.15, 0.2) is 48.5 Å². The van der Waals surface area contributed by atoms with Crippen LogP contribution in [-0.2, 0) is 6.54 Å². The van der Waals surface area contributed by atoms with Crippen LogP contribution >= 0.6 is 0 Å². The van der Waals surface area contributed by atoms with Crippen LogP contribution in [0.2, 0.25) is 0 Å². The Bertz CT molecular complexity index is 880. The van der Waals surface area contributed by atoms with Gasteiger partial charge in [0.25, 0.3) is 11.8 Å². The third-order valence-electron chi connectivity index (χ3n) is 6.17. The molecule has 0 spiro atoms. The van der Waals surface area contributed by atoms with Gasteiger partial charge in [0.2, 0.25) is 0 Å². The van der Waals surface area contributed by atoms with E-state index in [4.69, 9.17) is 0 Å². The number of nitrogens with zero attached hydrogens (tertiary/aromatic N) is 3. The van der Waals surface area contributed by atoms with E-state index in [-0.39, 0.29) is 17.9 Å². The maximum absolute atomic E-state index is 12.8. The number of likely N-dealkylation sites (tertiary alicyclic amines) is 2. The molecule has 2 saturated heterocycles. The van der Waals surface area contributed by atoms with E-state index in [0.717, 1.165) is 51.9 Å². The Morgan fingerprint density at radius 2 is 1.73 bits per heavy atom. The molecule has 1 N–H and O–H groups in total. The summed E-state index contributed by atoms with van der Waals surface area (Å²) in [6, 6.07) is 16.1. The van der Waals surface area contributed by atoms with Crippen LogP contribution in [0.4, 0.5) is 0 Å². The quantitative estimate of drug-likeness (QED) is 0.829. The van der Waals surface area contributed by atoms with Crippen LogP contribution in [0.5, 0.6) is 0 Å². The molecule has 0 aliphatic carbocycles. The van der Waals surface area contributed by atoms with E-state index in [2.05, 4.69) is 46.4 Å². The number of carbonyl (C=O) groups is 2. The summed E-state index contributed by atoms with van der Waals surface area (Å²) < 4.78 is 0. The maximum atomic E-state index is 12.8. The molecule has 0 bridgehead atoms. The minimum absolute atomic E-state index is 0.0787. The fraction of sp³-hybridized carbons (Fsp3) is 0.458. The predicted octanol–water partition coefficient (Wildman–Crippen LogP) is 3.10. The van der Waals surface area contributed by atoms with Crippen molar-refractivity contribution in [2.75, 3.05) is 19.6 Å². The molecule has 4 rings (SSSR count). The van der Waals surface area contributed by atoms with Gasteiger partial charge in [0.1, 0.15) is 11.4 Å². The SMILES string of the molecule is C[C@H]1C[C@@H](NC(=O)c2cccc(C(=O)N3CCCC3)n2)CCN1Cc1ccccc1. The summed E-state index contributed by atoms with van der Waals surface area (Å²) in [6.07, 6.45) is 3.89. The van der Waals surface area contributed by atoms with E-state index in [1.807, 2.05) is 11.0 Å². The molecule has 0 saturated carbocycles. The molecule has 2 aliphatic rings. The number of rotatable bonds is 5. The number of piperidine rings is 1. The second kappa shape index (κ2) is 9.39. The average molecular weight is 407 g/mol. The van der Waals surface area contributed by atoms with Crippen molar-refractivity contribution in [2.24, 2.45) is 0 Å². The van der Waals surface area contributed by atoms with Gasteiger partial charge in [0.05, 0.1) is 0 Å². The van der Waals surface area contributed by atoms with Crippen LogP contribution in [0.1, 0.15) is 59.1 Å². The Hall–Kier alpha value is -2.73. The third kappa shape index (κ3) is 4.87. The van der Waals surface area contributed by atoms with Gasteiger partial charge >= 0.3 is 0 Å². The van der Waals surface area contributed by atoms with Gasteiger partial charge in [0.15, 0.2) is 0 Å². The van der Waals surface area contributed by atoms with Crippen LogP contribution in [0.25, 0.3) is 0 Å². The van der Waals surface area contributed by atoms with Gasteiger partial charge < -0.3 is 10.2 Å². The second-order valence-corrected chi connectivity index (χ2v) is 8.41. The normalized spacial score (nSPS) is 22.1. The molecule has 2 aromatic rings. The number of pyridine rings is 1. The first kappa shape index (κ1) is 20.5. The van der Waals surface area contributed by atoms with Crippen LogP contribution in [-0.4, -0.2) is 58.3 Å². The summed E-state index contributed by atoms with van der Waals surface area (Å²) in [4.78, 5) is 34.0. The molecule has 3 heterocycles. The molecular formula is C24H30N4O2. The minimum Gasteiger partial charge on any atom is -0.348 e. The number of nitrogens with one attached hydrogen (secondary N) is 1. The Morgan fingerprint density at radius 1 is 1.00 bits per heavy atom. The fourth-order valence-corrected chi connectivity index (χ4v) is 4.43. The third-order valence-corrected chi connectivity index (χ3v) is 6.17. The molecular weight excluding hydrogens is 376 g/mol. The Morgan fingerprint density at radius 3 is 2.47 bits per heavy atom. The van der Waals surface area contributed by atoms with E-state index in [0.29, 0.717) is 17.4 Å². The lowest BCUT2D eigenvalue weighted by Crippen LogP contribution is -2.48. The Labute approximate surface area is 178 Å².